The van der Waals surface area contributed by atoms with Crippen molar-refractivity contribution in [1.82, 2.24) is 4.98 Å². The van der Waals surface area contributed by atoms with E-state index < -0.39 is 17.5 Å². The van der Waals surface area contributed by atoms with Crippen LogP contribution >= 0.6 is 11.3 Å². The highest BCUT2D eigenvalue weighted by atomic mass is 32.1. The zero-order valence-electron chi connectivity index (χ0n) is 14.9. The van der Waals surface area contributed by atoms with Crippen molar-refractivity contribution in [2.45, 2.75) is 6.42 Å². The van der Waals surface area contributed by atoms with Crippen molar-refractivity contribution in [3.63, 3.8) is 0 Å². The molecule has 0 aliphatic heterocycles. The van der Waals surface area contributed by atoms with E-state index >= 15 is 0 Å². The summed E-state index contributed by atoms with van der Waals surface area (Å²) in [5.41, 5.74) is 5.48. The number of nitrogens with zero attached hydrogens (tertiary/aromatic N) is 1. The van der Waals surface area contributed by atoms with Gasteiger partial charge in [-0.25, -0.2) is 18.2 Å². The van der Waals surface area contributed by atoms with E-state index in [-0.39, 0.29) is 34.6 Å². The highest BCUT2D eigenvalue weighted by Gasteiger charge is 2.20. The van der Waals surface area contributed by atoms with Gasteiger partial charge >= 0.3 is 0 Å². The summed E-state index contributed by atoms with van der Waals surface area (Å²) in [6.07, 6.45) is 1.43. The topological polar surface area (TPSA) is 68.0 Å². The van der Waals surface area contributed by atoms with Gasteiger partial charge in [0, 0.05) is 28.6 Å². The number of nitrogen functional groups attached to an aromatic ring is 1. The van der Waals surface area contributed by atoms with Crippen molar-refractivity contribution in [3.05, 3.63) is 82.1 Å². The number of halogens is 3. The highest BCUT2D eigenvalue weighted by molar-refractivity contribution is 7.17. The molecule has 2 heterocycles. The van der Waals surface area contributed by atoms with Crippen molar-refractivity contribution in [3.8, 4) is 0 Å². The number of pyridine rings is 1. The number of benzene rings is 2. The average molecular weight is 413 g/mol. The Bertz CT molecular complexity index is 1240. The van der Waals surface area contributed by atoms with Gasteiger partial charge in [-0.05, 0) is 58.3 Å². The third kappa shape index (κ3) is 3.54. The molecule has 0 radical (unpaired) electrons. The molecule has 8 heteroatoms. The van der Waals surface area contributed by atoms with Gasteiger partial charge in [0.15, 0.2) is 29.6 Å². The smallest absolute Gasteiger partial charge is 0.183 e. The zero-order valence-corrected chi connectivity index (χ0v) is 15.7. The van der Waals surface area contributed by atoms with Gasteiger partial charge in [-0.3, -0.25) is 4.79 Å². The predicted octanol–water partition coefficient (Wildman–Crippen LogP) is 5.44. The minimum absolute atomic E-state index is 0.0521. The van der Waals surface area contributed by atoms with Gasteiger partial charge in [-0.15, -0.1) is 11.3 Å². The van der Waals surface area contributed by atoms with Crippen molar-refractivity contribution < 1.29 is 18.0 Å². The van der Waals surface area contributed by atoms with Gasteiger partial charge < -0.3 is 11.1 Å². The van der Waals surface area contributed by atoms with E-state index in [1.807, 2.05) is 17.5 Å². The van der Waals surface area contributed by atoms with Crippen LogP contribution in [0.25, 0.3) is 10.1 Å². The van der Waals surface area contributed by atoms with E-state index in [0.29, 0.717) is 12.0 Å². The Morgan fingerprint density at radius 1 is 1.03 bits per heavy atom. The molecule has 0 saturated heterocycles. The number of nitrogens with two attached hydrogens (primary N) is 1. The number of hydrogen-bond acceptors (Lipinski definition) is 5. The fraction of sp³-hybridized carbons (Fsp3) is 0.0476. The zero-order chi connectivity index (χ0) is 20.5. The molecular formula is C21H14F3N3OS. The number of aromatic nitrogens is 1. The number of fused-ring (bicyclic) bond motifs is 1. The summed E-state index contributed by atoms with van der Waals surface area (Å²) in [4.78, 5) is 15.1. The maximum atomic E-state index is 14.8. The van der Waals surface area contributed by atoms with Crippen LogP contribution in [0.1, 0.15) is 21.5 Å². The molecule has 0 atom stereocenters. The molecule has 0 aliphatic carbocycles. The summed E-state index contributed by atoms with van der Waals surface area (Å²) in [5.74, 6) is -3.51. The maximum absolute atomic E-state index is 14.8. The number of carbonyl (C=O) groups excluding carboxylic acids is 1. The van der Waals surface area contributed by atoms with Crippen LogP contribution in [0.5, 0.6) is 0 Å². The lowest BCUT2D eigenvalue weighted by Gasteiger charge is -2.14. The van der Waals surface area contributed by atoms with Gasteiger partial charge in [0.1, 0.15) is 0 Å². The van der Waals surface area contributed by atoms with Crippen molar-refractivity contribution in [2.75, 3.05) is 11.1 Å². The van der Waals surface area contributed by atoms with Crippen LogP contribution in [-0.4, -0.2) is 11.3 Å². The summed E-state index contributed by atoms with van der Waals surface area (Å²) in [7, 11) is 0. The molecule has 4 aromatic rings. The Morgan fingerprint density at radius 3 is 2.66 bits per heavy atom. The molecule has 2 aromatic heterocycles. The first kappa shape index (κ1) is 18.9. The summed E-state index contributed by atoms with van der Waals surface area (Å²) >= 11 is 1.56. The first-order valence-electron chi connectivity index (χ1n) is 8.57. The Labute approximate surface area is 167 Å². The van der Waals surface area contributed by atoms with Gasteiger partial charge in [0.05, 0.1) is 5.69 Å². The van der Waals surface area contributed by atoms with Gasteiger partial charge in [-0.2, -0.15) is 0 Å². The molecule has 0 bridgehead atoms. The second-order valence-corrected chi connectivity index (χ2v) is 7.34. The molecule has 3 N–H and O–H groups in total. The van der Waals surface area contributed by atoms with E-state index in [1.165, 1.54) is 18.3 Å². The lowest BCUT2D eigenvalue weighted by Crippen LogP contribution is -2.07. The van der Waals surface area contributed by atoms with E-state index in [0.717, 1.165) is 10.1 Å². The second kappa shape index (κ2) is 7.56. The third-order valence-electron chi connectivity index (χ3n) is 4.54. The Morgan fingerprint density at radius 2 is 1.86 bits per heavy atom. The van der Waals surface area contributed by atoms with Crippen molar-refractivity contribution in [1.29, 1.82) is 0 Å². The molecule has 146 valence electrons. The summed E-state index contributed by atoms with van der Waals surface area (Å²) in [6, 6.07) is 9.77. The molecule has 0 unspecified atom stereocenters. The number of carbonyl (C=O) groups is 1. The molecule has 4 nitrogen and oxygen atoms in total. The fourth-order valence-electron chi connectivity index (χ4n) is 3.08. The normalized spacial score (nSPS) is 11.0. The van der Waals surface area contributed by atoms with E-state index in [4.69, 9.17) is 5.73 Å². The number of rotatable bonds is 5. The average Bonchev–Trinajstić information content (AvgIpc) is 3.18. The van der Waals surface area contributed by atoms with Crippen LogP contribution in [0, 0.1) is 17.5 Å². The molecule has 29 heavy (non-hydrogen) atoms. The molecule has 4 rings (SSSR count). The van der Waals surface area contributed by atoms with Crippen LogP contribution in [0.3, 0.4) is 0 Å². The first-order valence-corrected chi connectivity index (χ1v) is 9.45. The number of hydrogen-bond donors (Lipinski definition) is 2. The second-order valence-electron chi connectivity index (χ2n) is 6.39. The highest BCUT2D eigenvalue weighted by Crippen LogP contribution is 2.31. The van der Waals surface area contributed by atoms with Crippen molar-refractivity contribution >= 4 is 44.9 Å². The minimum Gasteiger partial charge on any atom is -0.381 e. The lowest BCUT2D eigenvalue weighted by atomic mass is 10.0. The van der Waals surface area contributed by atoms with Crippen LogP contribution < -0.4 is 11.1 Å². The summed E-state index contributed by atoms with van der Waals surface area (Å²) in [5, 5.41) is 5.64. The summed E-state index contributed by atoms with van der Waals surface area (Å²) in [6.45, 7) is 0. The predicted molar refractivity (Wildman–Crippen MR) is 108 cm³/mol. The summed E-state index contributed by atoms with van der Waals surface area (Å²) < 4.78 is 44.6. The Balaban J connectivity index is 1.73. The molecule has 0 spiro atoms. The standard InChI is InChI=1S/C21H14F3N3OS/c22-17-13(7-12-3-5-26-21(25)18(12)23)8-14(10-28)20(19(17)24)27-15-1-2-16-11(9-15)4-6-29-16/h1-6,8-10,27H,7H2,(H2,25,26). The van der Waals surface area contributed by atoms with E-state index in [9.17, 15) is 18.0 Å². The third-order valence-corrected chi connectivity index (χ3v) is 5.44. The van der Waals surface area contributed by atoms with Gasteiger partial charge in [0.2, 0.25) is 0 Å². The van der Waals surface area contributed by atoms with Crippen LogP contribution in [0.4, 0.5) is 30.4 Å². The molecule has 0 amide bonds. The first-order chi connectivity index (χ1) is 14.0. The van der Waals surface area contributed by atoms with E-state index in [2.05, 4.69) is 10.3 Å². The molecule has 0 fully saturated rings. The number of anilines is 3. The van der Waals surface area contributed by atoms with Crippen LogP contribution in [0.2, 0.25) is 0 Å². The largest absolute Gasteiger partial charge is 0.381 e. The monoisotopic (exact) mass is 413 g/mol. The van der Waals surface area contributed by atoms with Crippen LogP contribution in [0.15, 0.2) is 48.0 Å². The minimum atomic E-state index is -1.21. The van der Waals surface area contributed by atoms with Crippen molar-refractivity contribution in [2.24, 2.45) is 0 Å². The molecule has 0 saturated carbocycles. The van der Waals surface area contributed by atoms with Crippen LogP contribution in [-0.2, 0) is 6.42 Å². The quantitative estimate of drug-likeness (QED) is 0.428. The SMILES string of the molecule is Nc1nccc(Cc2cc(C=O)c(Nc3ccc4sccc4c3)c(F)c2F)c1F. The fourth-order valence-corrected chi connectivity index (χ4v) is 3.85. The van der Waals surface area contributed by atoms with Gasteiger partial charge in [0.25, 0.3) is 0 Å². The Hall–Kier alpha value is -3.39. The van der Waals surface area contributed by atoms with E-state index in [1.54, 1.807) is 23.5 Å². The number of nitrogens with one attached hydrogen (secondary N) is 1. The molecular weight excluding hydrogens is 399 g/mol. The van der Waals surface area contributed by atoms with Gasteiger partial charge in [-0.1, -0.05) is 0 Å². The lowest BCUT2D eigenvalue weighted by molar-refractivity contribution is 0.112. The molecule has 0 aliphatic rings. The number of aldehydes is 1. The number of thiophene rings is 1. The Kier molecular flexibility index (Phi) is 4.94. The molecule has 2 aromatic carbocycles. The maximum Gasteiger partial charge on any atom is 0.183 e.